The lowest BCUT2D eigenvalue weighted by molar-refractivity contribution is -0.262. The van der Waals surface area contributed by atoms with Gasteiger partial charge in [0.15, 0.2) is 0 Å². The summed E-state index contributed by atoms with van der Waals surface area (Å²) in [6, 6.07) is 6.63. The molecule has 7 rings (SSSR count). The molecule has 3 aliphatic heterocycles. The van der Waals surface area contributed by atoms with Crippen molar-refractivity contribution >= 4 is 0 Å². The second kappa shape index (κ2) is 5.03. The highest BCUT2D eigenvalue weighted by Gasteiger charge is 2.71. The van der Waals surface area contributed by atoms with E-state index in [1.165, 1.54) is 43.5 Å². The van der Waals surface area contributed by atoms with E-state index in [2.05, 4.69) is 29.4 Å². The van der Waals surface area contributed by atoms with E-state index in [0.717, 1.165) is 38.2 Å². The predicted octanol–water partition coefficient (Wildman–Crippen LogP) is 2.58. The fourth-order valence-corrected chi connectivity index (χ4v) is 7.03. The minimum absolute atomic E-state index is 0.0560. The summed E-state index contributed by atoms with van der Waals surface area (Å²) >= 11 is 0. The molecular weight excluding hydrogens is 324 g/mol. The summed E-state index contributed by atoms with van der Waals surface area (Å²) < 4.78 is 6.86. The van der Waals surface area contributed by atoms with Gasteiger partial charge >= 0.3 is 0 Å². The fraction of sp³-hybridized carbons (Fsp3) is 0.727. The third kappa shape index (κ3) is 1.86. The van der Waals surface area contributed by atoms with Gasteiger partial charge in [-0.3, -0.25) is 4.90 Å². The molecule has 1 aromatic rings. The molecule has 26 heavy (non-hydrogen) atoms. The number of aromatic hydroxyl groups is 1. The van der Waals surface area contributed by atoms with Crippen LogP contribution in [0.2, 0.25) is 0 Å². The van der Waals surface area contributed by atoms with Crippen LogP contribution in [0, 0.1) is 5.92 Å². The van der Waals surface area contributed by atoms with Gasteiger partial charge in [-0.2, -0.15) is 0 Å². The van der Waals surface area contributed by atoms with Crippen LogP contribution in [0.4, 0.5) is 0 Å². The molecule has 140 valence electrons. The molecular formula is C22H30N2O2. The summed E-state index contributed by atoms with van der Waals surface area (Å²) in [6.07, 6.45) is 8.58. The largest absolute Gasteiger partial charge is 0.508 e. The van der Waals surface area contributed by atoms with Gasteiger partial charge in [0, 0.05) is 23.5 Å². The van der Waals surface area contributed by atoms with E-state index in [1.807, 2.05) is 6.07 Å². The van der Waals surface area contributed by atoms with E-state index in [1.54, 1.807) is 0 Å². The second-order valence-corrected chi connectivity index (χ2v) is 9.72. The molecule has 3 heterocycles. The quantitative estimate of drug-likeness (QED) is 0.876. The van der Waals surface area contributed by atoms with Gasteiger partial charge in [0.2, 0.25) is 0 Å². The smallest absolute Gasteiger partial charge is 0.115 e. The molecule has 1 spiro atoms. The van der Waals surface area contributed by atoms with Crippen LogP contribution in [0.25, 0.3) is 0 Å². The Hall–Kier alpha value is -1.10. The number of rotatable bonds is 3. The van der Waals surface area contributed by atoms with E-state index >= 15 is 0 Å². The monoisotopic (exact) mass is 354 g/mol. The number of nitrogens with one attached hydrogen (secondary N) is 1. The molecule has 4 atom stereocenters. The van der Waals surface area contributed by atoms with Crippen molar-refractivity contribution in [2.45, 2.75) is 67.5 Å². The number of likely N-dealkylation sites (tertiary alicyclic amines) is 1. The zero-order valence-corrected chi connectivity index (χ0v) is 15.8. The van der Waals surface area contributed by atoms with E-state index in [-0.39, 0.29) is 16.6 Å². The maximum atomic E-state index is 10.3. The molecule has 1 aromatic carbocycles. The summed E-state index contributed by atoms with van der Waals surface area (Å²) in [7, 11) is 2.10. The van der Waals surface area contributed by atoms with E-state index < -0.39 is 0 Å². The Morgan fingerprint density at radius 2 is 2.15 bits per heavy atom. The predicted molar refractivity (Wildman–Crippen MR) is 101 cm³/mol. The Labute approximate surface area is 155 Å². The number of hydrogen-bond acceptors (Lipinski definition) is 4. The highest BCUT2D eigenvalue weighted by Crippen LogP contribution is 2.64. The summed E-state index contributed by atoms with van der Waals surface area (Å²) in [4.78, 5) is 2.78. The normalized spacial score (nSPS) is 43.8. The fourth-order valence-electron chi connectivity index (χ4n) is 7.03. The van der Waals surface area contributed by atoms with Crippen molar-refractivity contribution in [2.24, 2.45) is 5.92 Å². The lowest BCUT2D eigenvalue weighted by Crippen LogP contribution is -2.81. The Bertz CT molecular complexity index is 751. The first-order valence-corrected chi connectivity index (χ1v) is 10.5. The van der Waals surface area contributed by atoms with Gasteiger partial charge in [-0.1, -0.05) is 6.07 Å². The number of nitrogens with zero attached hydrogens (tertiary/aromatic N) is 1. The minimum atomic E-state index is -0.0560. The second-order valence-electron chi connectivity index (χ2n) is 9.72. The van der Waals surface area contributed by atoms with Gasteiger partial charge in [-0.15, -0.1) is 0 Å². The van der Waals surface area contributed by atoms with Gasteiger partial charge in [-0.05, 0) is 87.7 Å². The first kappa shape index (κ1) is 15.9. The summed E-state index contributed by atoms with van der Waals surface area (Å²) in [5.41, 5.74) is 2.94. The first-order chi connectivity index (χ1) is 12.6. The number of likely N-dealkylation sites (N-methyl/N-ethyl adjacent to an activating group) is 1. The van der Waals surface area contributed by atoms with E-state index in [9.17, 15) is 5.11 Å². The van der Waals surface area contributed by atoms with Crippen molar-refractivity contribution in [2.75, 3.05) is 26.7 Å². The average molecular weight is 354 g/mol. The third-order valence-corrected chi connectivity index (χ3v) is 8.58. The summed E-state index contributed by atoms with van der Waals surface area (Å²) in [5.74, 6) is 1.33. The van der Waals surface area contributed by atoms with Crippen LogP contribution in [0.15, 0.2) is 18.2 Å². The topological polar surface area (TPSA) is 44.7 Å². The molecule has 0 aromatic heterocycles. The average Bonchev–Trinajstić information content (AvgIpc) is 3.48. The van der Waals surface area contributed by atoms with Crippen molar-refractivity contribution in [3.8, 4) is 5.75 Å². The van der Waals surface area contributed by atoms with Crippen LogP contribution >= 0.6 is 0 Å². The van der Waals surface area contributed by atoms with Gasteiger partial charge in [0.05, 0.1) is 12.2 Å². The summed E-state index contributed by atoms with van der Waals surface area (Å²) in [6.45, 7) is 3.28. The number of fused-ring (bicyclic) bond motifs is 3. The highest BCUT2D eigenvalue weighted by molar-refractivity contribution is 5.50. The molecule has 5 fully saturated rings. The molecule has 4 bridgehead atoms. The molecule has 2 saturated carbocycles. The standard InChI is InChI=1S/C22H30N2O2/c1-23-20-6-7-22(26-14-20)19-10-16-4-5-17(25)11-18(16)21(22,13-20)8-9-24(19)12-15-2-3-15/h4-5,11,15,19,23,25H,2-3,6-10,12-14H2,1H3/t19-,20+,21-,22-/m1/s1. The van der Waals surface area contributed by atoms with Crippen LogP contribution in [0.1, 0.15) is 49.7 Å². The van der Waals surface area contributed by atoms with Crippen molar-refractivity contribution in [3.63, 3.8) is 0 Å². The zero-order valence-electron chi connectivity index (χ0n) is 15.8. The van der Waals surface area contributed by atoms with Crippen LogP contribution < -0.4 is 5.32 Å². The van der Waals surface area contributed by atoms with Crippen LogP contribution in [-0.4, -0.2) is 53.9 Å². The van der Waals surface area contributed by atoms with Crippen molar-refractivity contribution in [1.29, 1.82) is 0 Å². The van der Waals surface area contributed by atoms with E-state index in [4.69, 9.17) is 4.74 Å². The zero-order chi connectivity index (χ0) is 17.6. The maximum Gasteiger partial charge on any atom is 0.115 e. The number of piperidine rings is 1. The van der Waals surface area contributed by atoms with Gasteiger partial charge < -0.3 is 15.2 Å². The van der Waals surface area contributed by atoms with Crippen LogP contribution in [0.3, 0.4) is 0 Å². The highest BCUT2D eigenvalue weighted by atomic mass is 16.5. The van der Waals surface area contributed by atoms with E-state index in [0.29, 0.717) is 11.8 Å². The molecule has 4 nitrogen and oxygen atoms in total. The van der Waals surface area contributed by atoms with Gasteiger partial charge in [-0.25, -0.2) is 0 Å². The molecule has 3 saturated heterocycles. The number of phenols is 1. The number of hydrogen-bond donors (Lipinski definition) is 2. The van der Waals surface area contributed by atoms with Crippen molar-refractivity contribution < 1.29 is 9.84 Å². The number of phenolic OH excluding ortho intramolecular Hbond substituents is 1. The Morgan fingerprint density at radius 1 is 1.27 bits per heavy atom. The number of benzene rings is 1. The van der Waals surface area contributed by atoms with Gasteiger partial charge in [0.1, 0.15) is 5.75 Å². The SMILES string of the molecule is CN[C@]12CC[C@@]3(OC1)[C@H]1Cc4ccc(O)cc4[C@@]3(CCN1CC1CC1)C2. The molecule has 2 N–H and O–H groups in total. The van der Waals surface area contributed by atoms with Crippen LogP contribution in [0.5, 0.6) is 5.75 Å². The molecule has 0 unspecified atom stereocenters. The number of ether oxygens (including phenoxy) is 1. The molecule has 0 radical (unpaired) electrons. The van der Waals surface area contributed by atoms with Crippen molar-refractivity contribution in [3.05, 3.63) is 29.3 Å². The Balaban J connectivity index is 1.52. The van der Waals surface area contributed by atoms with Crippen LogP contribution in [-0.2, 0) is 16.6 Å². The Kier molecular flexibility index (Phi) is 3.08. The lowest BCUT2D eigenvalue weighted by atomic mass is 9.45. The molecule has 4 heteroatoms. The first-order valence-electron chi connectivity index (χ1n) is 10.5. The van der Waals surface area contributed by atoms with Crippen molar-refractivity contribution in [1.82, 2.24) is 10.2 Å². The molecule has 6 aliphatic rings. The maximum absolute atomic E-state index is 10.3. The Morgan fingerprint density at radius 3 is 2.88 bits per heavy atom. The summed E-state index contributed by atoms with van der Waals surface area (Å²) in [5, 5.41) is 13.9. The van der Waals surface area contributed by atoms with Gasteiger partial charge in [0.25, 0.3) is 0 Å². The molecule has 3 aliphatic carbocycles. The lowest BCUT2D eigenvalue weighted by Gasteiger charge is -2.71. The molecule has 0 amide bonds. The minimum Gasteiger partial charge on any atom is -0.508 e. The third-order valence-electron chi connectivity index (χ3n) is 8.58.